The SMILES string of the molecule is BC1(BBBC2CCCCCCCC2)CCCCCCCC1. The monoisotopic (exact) mass is 298 g/mol. The Kier molecular flexibility index (Phi) is 9.24. The highest BCUT2D eigenvalue weighted by Gasteiger charge is 2.25. The predicted octanol–water partition coefficient (Wildman–Crippen LogP) is 3.93. The third kappa shape index (κ3) is 7.69. The largest absolute Gasteiger partial charge is 0.0987 e. The Morgan fingerprint density at radius 1 is 0.636 bits per heavy atom. The summed E-state index contributed by atoms with van der Waals surface area (Å²) in [5.74, 6) is 1.07. The first-order valence-corrected chi connectivity index (χ1v) is 10.8. The van der Waals surface area contributed by atoms with Crippen LogP contribution in [0.1, 0.15) is 103 Å². The van der Waals surface area contributed by atoms with Gasteiger partial charge >= 0.3 is 0 Å². The van der Waals surface area contributed by atoms with Crippen LogP contribution in [0.15, 0.2) is 0 Å². The molecule has 0 saturated heterocycles. The maximum atomic E-state index is 2.61. The second-order valence-electron chi connectivity index (χ2n) is 8.89. The molecule has 0 amide bonds. The lowest BCUT2D eigenvalue weighted by Crippen LogP contribution is -2.30. The van der Waals surface area contributed by atoms with Crippen LogP contribution in [-0.2, 0) is 0 Å². The van der Waals surface area contributed by atoms with Crippen LogP contribution in [0.25, 0.3) is 0 Å². The van der Waals surface area contributed by atoms with Gasteiger partial charge in [0.2, 0.25) is 0 Å². The van der Waals surface area contributed by atoms with Crippen molar-refractivity contribution < 1.29 is 0 Å². The van der Waals surface area contributed by atoms with Gasteiger partial charge in [-0.15, -0.1) is 0 Å². The van der Waals surface area contributed by atoms with Crippen LogP contribution in [-0.4, -0.2) is 29.2 Å². The normalized spacial score (nSPS) is 25.5. The summed E-state index contributed by atoms with van der Waals surface area (Å²) in [5.41, 5.74) is 0. The molecule has 2 saturated carbocycles. The molecular weight excluding hydrogens is 259 g/mol. The summed E-state index contributed by atoms with van der Waals surface area (Å²) in [6.07, 6.45) is 24.2. The molecule has 0 nitrogen and oxygen atoms in total. The maximum absolute atomic E-state index is 2.61. The molecule has 0 aliphatic heterocycles. The lowest BCUT2D eigenvalue weighted by molar-refractivity contribution is 0.575. The van der Waals surface area contributed by atoms with Gasteiger partial charge in [0.25, 0.3) is 0 Å². The van der Waals surface area contributed by atoms with Crippen LogP contribution in [0.4, 0.5) is 0 Å². The fourth-order valence-electron chi connectivity index (χ4n) is 5.01. The molecule has 2 aliphatic carbocycles. The molecule has 4 heteroatoms. The van der Waals surface area contributed by atoms with Crippen molar-refractivity contribution in [2.75, 3.05) is 0 Å². The van der Waals surface area contributed by atoms with Gasteiger partial charge < -0.3 is 0 Å². The minimum Gasteiger partial charge on any atom is -0.0884 e. The van der Waals surface area contributed by atoms with E-state index >= 15 is 0 Å². The fourth-order valence-corrected chi connectivity index (χ4v) is 5.01. The van der Waals surface area contributed by atoms with Crippen molar-refractivity contribution in [3.63, 3.8) is 0 Å². The molecule has 0 heterocycles. The van der Waals surface area contributed by atoms with Crippen LogP contribution in [0.3, 0.4) is 0 Å². The van der Waals surface area contributed by atoms with E-state index in [1.807, 2.05) is 0 Å². The Morgan fingerprint density at radius 2 is 1.09 bits per heavy atom. The zero-order valence-corrected chi connectivity index (χ0v) is 15.5. The van der Waals surface area contributed by atoms with Crippen molar-refractivity contribution in [1.82, 2.24) is 0 Å². The average Bonchev–Trinajstić information content (AvgIpc) is 2.70. The minimum atomic E-state index is 0.683. The van der Waals surface area contributed by atoms with Gasteiger partial charge in [0.15, 0.2) is 0 Å². The van der Waals surface area contributed by atoms with Gasteiger partial charge in [0, 0.05) is 0 Å². The van der Waals surface area contributed by atoms with E-state index in [4.69, 9.17) is 0 Å². The van der Waals surface area contributed by atoms with Gasteiger partial charge in [0.05, 0.1) is 29.2 Å². The quantitative estimate of drug-likeness (QED) is 0.690. The van der Waals surface area contributed by atoms with Crippen molar-refractivity contribution >= 4 is 29.2 Å². The Bertz CT molecular complexity index is 262. The van der Waals surface area contributed by atoms with Crippen molar-refractivity contribution in [2.45, 2.75) is 114 Å². The van der Waals surface area contributed by atoms with Gasteiger partial charge in [-0.3, -0.25) is 0 Å². The second kappa shape index (κ2) is 10.9. The molecule has 0 atom stereocenters. The molecule has 2 fully saturated rings. The molecule has 0 aromatic heterocycles. The van der Waals surface area contributed by atoms with Crippen molar-refractivity contribution in [3.05, 3.63) is 0 Å². The molecule has 0 bridgehead atoms. The molecule has 0 aromatic rings. The number of hydrogen-bond donors (Lipinski definition) is 0. The van der Waals surface area contributed by atoms with E-state index in [2.05, 4.69) is 7.85 Å². The zero-order chi connectivity index (χ0) is 15.5. The minimum absolute atomic E-state index is 0.683. The molecule has 0 radical (unpaired) electrons. The first-order valence-electron chi connectivity index (χ1n) is 10.8. The van der Waals surface area contributed by atoms with Crippen LogP contribution in [0, 0.1) is 0 Å². The Labute approximate surface area is 143 Å². The highest BCUT2D eigenvalue weighted by molar-refractivity contribution is 7.31. The lowest BCUT2D eigenvalue weighted by atomic mass is 9.09. The van der Waals surface area contributed by atoms with Crippen LogP contribution >= 0.6 is 0 Å². The topological polar surface area (TPSA) is 0 Å². The maximum Gasteiger partial charge on any atom is 0.0987 e. The van der Waals surface area contributed by atoms with Gasteiger partial charge in [0.1, 0.15) is 0 Å². The van der Waals surface area contributed by atoms with Gasteiger partial charge in [-0.2, -0.15) is 0 Å². The third-order valence-electron chi connectivity index (χ3n) is 6.68. The third-order valence-corrected chi connectivity index (χ3v) is 6.68. The molecule has 2 aliphatic rings. The van der Waals surface area contributed by atoms with Crippen molar-refractivity contribution in [2.24, 2.45) is 0 Å². The van der Waals surface area contributed by atoms with E-state index in [0.29, 0.717) is 5.21 Å². The molecule has 22 heavy (non-hydrogen) atoms. The molecule has 0 spiro atoms. The van der Waals surface area contributed by atoms with Gasteiger partial charge in [-0.1, -0.05) is 114 Å². The van der Waals surface area contributed by atoms with Crippen molar-refractivity contribution in [3.8, 4) is 0 Å². The Hall–Kier alpha value is 0.260. The molecule has 2 rings (SSSR count). The number of hydrogen-bond acceptors (Lipinski definition) is 0. The summed E-state index contributed by atoms with van der Waals surface area (Å²) in [6.45, 7) is 0. The summed E-state index contributed by atoms with van der Waals surface area (Å²) in [5, 5.41) is 0.683. The van der Waals surface area contributed by atoms with Crippen LogP contribution in [0.2, 0.25) is 11.0 Å². The van der Waals surface area contributed by atoms with E-state index in [-0.39, 0.29) is 0 Å². The first kappa shape index (κ1) is 18.6. The zero-order valence-electron chi connectivity index (χ0n) is 15.5. The number of rotatable bonds is 4. The smallest absolute Gasteiger partial charge is 0.0884 e. The van der Waals surface area contributed by atoms with Gasteiger partial charge in [-0.25, -0.2) is 0 Å². The molecule has 0 aromatic carbocycles. The van der Waals surface area contributed by atoms with Crippen molar-refractivity contribution in [1.29, 1.82) is 0 Å². The van der Waals surface area contributed by atoms with E-state index < -0.39 is 0 Å². The summed E-state index contributed by atoms with van der Waals surface area (Å²) in [7, 11) is 7.18. The van der Waals surface area contributed by atoms with Crippen LogP contribution in [0.5, 0.6) is 0 Å². The van der Waals surface area contributed by atoms with Gasteiger partial charge in [-0.05, 0) is 0 Å². The highest BCUT2D eigenvalue weighted by atomic mass is 14.1. The molecule has 0 unspecified atom stereocenters. The second-order valence-corrected chi connectivity index (χ2v) is 8.89. The summed E-state index contributed by atoms with van der Waals surface area (Å²) in [4.78, 5) is 0. The fraction of sp³-hybridized carbons (Fsp3) is 1.00. The molecular formula is C18H38B4. The first-order chi connectivity index (χ1) is 10.8. The summed E-state index contributed by atoms with van der Waals surface area (Å²) < 4.78 is 0. The summed E-state index contributed by atoms with van der Waals surface area (Å²) in [6, 6.07) is 0. The lowest BCUT2D eigenvalue weighted by Gasteiger charge is -2.29. The molecule has 0 N–H and O–H groups in total. The van der Waals surface area contributed by atoms with Crippen LogP contribution < -0.4 is 0 Å². The molecule has 122 valence electrons. The highest BCUT2D eigenvalue weighted by Crippen LogP contribution is 2.35. The van der Waals surface area contributed by atoms with E-state index in [0.717, 1.165) is 5.82 Å². The standard InChI is InChI=1S/C18H38B4/c19-18(15-11-7-3-4-8-12-16-18)21-22-20-17-13-9-5-1-2-6-10-14-17/h17,20-22H,1-16,19H2. The Morgan fingerprint density at radius 3 is 1.64 bits per heavy atom. The predicted molar refractivity (Wildman–Crippen MR) is 110 cm³/mol. The van der Waals surface area contributed by atoms with E-state index in [1.54, 1.807) is 0 Å². The summed E-state index contributed by atoms with van der Waals surface area (Å²) >= 11 is 0. The average molecular weight is 298 g/mol. The Balaban J connectivity index is 1.69. The van der Waals surface area contributed by atoms with E-state index in [9.17, 15) is 0 Å². The van der Waals surface area contributed by atoms with E-state index in [1.165, 1.54) is 124 Å².